The molecule has 4 N–H and O–H groups in total. The maximum absolute atomic E-state index is 13.2. The molecule has 0 bridgehead atoms. The summed E-state index contributed by atoms with van der Waals surface area (Å²) in [5.41, 5.74) is 1.80. The minimum atomic E-state index is -0.553. The number of rotatable bonds is 6. The van der Waals surface area contributed by atoms with Crippen LogP contribution >= 0.6 is 0 Å². The molecule has 3 aromatic rings. The minimum absolute atomic E-state index is 0.0608. The maximum atomic E-state index is 13.2. The van der Waals surface area contributed by atoms with Gasteiger partial charge in [0.05, 0.1) is 29.7 Å². The number of phenols is 2. The highest BCUT2D eigenvalue weighted by Crippen LogP contribution is 2.34. The van der Waals surface area contributed by atoms with E-state index in [2.05, 4.69) is 27.2 Å². The summed E-state index contributed by atoms with van der Waals surface area (Å²) in [5, 5.41) is 34.6. The number of benzene rings is 2. The summed E-state index contributed by atoms with van der Waals surface area (Å²) in [6.45, 7) is 3.22. The van der Waals surface area contributed by atoms with Crippen molar-refractivity contribution in [2.24, 2.45) is 0 Å². The second-order valence-corrected chi connectivity index (χ2v) is 7.23. The van der Waals surface area contributed by atoms with E-state index >= 15 is 0 Å². The van der Waals surface area contributed by atoms with Crippen LogP contribution in [0.3, 0.4) is 0 Å². The Balaban J connectivity index is 1.68. The number of carbonyl (C=O) groups is 2. The Morgan fingerprint density at radius 3 is 2.59 bits per heavy atom. The molecular weight excluding hydrogens is 438 g/mol. The Morgan fingerprint density at radius 2 is 1.91 bits per heavy atom. The van der Waals surface area contributed by atoms with Crippen molar-refractivity contribution in [1.82, 2.24) is 9.97 Å². The van der Waals surface area contributed by atoms with E-state index in [4.69, 9.17) is 0 Å². The fourth-order valence-electron chi connectivity index (χ4n) is 3.43. The predicted octanol–water partition coefficient (Wildman–Crippen LogP) is 3.23. The maximum Gasteiger partial charge on any atom is 0.331 e. The van der Waals surface area contributed by atoms with E-state index in [1.807, 2.05) is 6.07 Å². The number of para-hydroxylation sites is 2. The van der Waals surface area contributed by atoms with E-state index in [9.17, 15) is 25.1 Å². The Morgan fingerprint density at radius 1 is 1.21 bits per heavy atom. The number of phenolic OH excluding ortho intramolecular Hbond substituents is 2. The van der Waals surface area contributed by atoms with Crippen LogP contribution in [0.15, 0.2) is 61.3 Å². The number of nitriles is 1. The molecule has 11 nitrogen and oxygen atoms in total. The number of carbonyl (C=O) groups excluding carboxylic acids is 2. The topological polar surface area (TPSA) is 155 Å². The lowest BCUT2D eigenvalue weighted by atomic mass is 10.1. The minimum Gasteiger partial charge on any atom is -0.508 e. The smallest absolute Gasteiger partial charge is 0.331 e. The van der Waals surface area contributed by atoms with Gasteiger partial charge in [0.15, 0.2) is 0 Å². The van der Waals surface area contributed by atoms with Crippen LogP contribution in [0.1, 0.15) is 5.56 Å². The van der Waals surface area contributed by atoms with Crippen molar-refractivity contribution in [3.05, 3.63) is 66.9 Å². The van der Waals surface area contributed by atoms with Crippen LogP contribution in [-0.2, 0) is 11.3 Å². The third-order valence-electron chi connectivity index (χ3n) is 4.93. The van der Waals surface area contributed by atoms with Crippen LogP contribution in [-0.4, -0.2) is 38.7 Å². The van der Waals surface area contributed by atoms with Gasteiger partial charge in [-0.25, -0.2) is 9.78 Å². The molecule has 170 valence electrons. The largest absolute Gasteiger partial charge is 0.508 e. The van der Waals surface area contributed by atoms with Crippen molar-refractivity contribution in [3.63, 3.8) is 0 Å². The summed E-state index contributed by atoms with van der Waals surface area (Å²) in [6, 6.07) is 12.1. The number of fused-ring (bicyclic) bond motifs is 1. The first-order valence-corrected chi connectivity index (χ1v) is 10.0. The number of aromatic nitrogens is 2. The van der Waals surface area contributed by atoms with E-state index in [1.165, 1.54) is 28.1 Å². The zero-order valence-electron chi connectivity index (χ0n) is 17.8. The van der Waals surface area contributed by atoms with Crippen molar-refractivity contribution >= 4 is 40.8 Å². The average Bonchev–Trinajstić information content (AvgIpc) is 2.81. The number of aromatic hydroxyl groups is 2. The Labute approximate surface area is 194 Å². The third kappa shape index (κ3) is 4.42. The van der Waals surface area contributed by atoms with Crippen LogP contribution in [0.25, 0.3) is 0 Å². The predicted molar refractivity (Wildman–Crippen MR) is 125 cm³/mol. The van der Waals surface area contributed by atoms with Gasteiger partial charge in [-0.2, -0.15) is 10.2 Å². The number of amides is 3. The van der Waals surface area contributed by atoms with Gasteiger partial charge in [0.25, 0.3) is 0 Å². The fraction of sp³-hybridized carbons (Fsp3) is 0.0870. The van der Waals surface area contributed by atoms with Crippen molar-refractivity contribution in [3.8, 4) is 17.6 Å². The summed E-state index contributed by atoms with van der Waals surface area (Å²) < 4.78 is 0. The molecule has 0 atom stereocenters. The first-order valence-electron chi connectivity index (χ1n) is 10.0. The van der Waals surface area contributed by atoms with Crippen molar-refractivity contribution < 1.29 is 19.8 Å². The van der Waals surface area contributed by atoms with Gasteiger partial charge in [-0.1, -0.05) is 18.7 Å². The molecule has 3 amide bonds. The molecule has 1 aliphatic heterocycles. The quantitative estimate of drug-likeness (QED) is 0.325. The molecule has 0 spiro atoms. The van der Waals surface area contributed by atoms with Crippen LogP contribution in [0.5, 0.6) is 11.5 Å². The molecule has 0 unspecified atom stereocenters. The summed E-state index contributed by atoms with van der Waals surface area (Å²) in [5.74, 6) is -0.406. The SMILES string of the molecule is C=CC(=O)Nc1ccccc1Nc1ncc2c(n1)N(CC#N)C(=O)N(c1cc(O)cc(O)c1)C2. The van der Waals surface area contributed by atoms with Gasteiger partial charge in [-0.15, -0.1) is 0 Å². The second kappa shape index (κ2) is 9.17. The molecule has 34 heavy (non-hydrogen) atoms. The molecule has 0 fully saturated rings. The van der Waals surface area contributed by atoms with E-state index in [-0.39, 0.29) is 47.9 Å². The average molecular weight is 457 g/mol. The molecular formula is C23H19N7O4. The summed E-state index contributed by atoms with van der Waals surface area (Å²) >= 11 is 0. The lowest BCUT2D eigenvalue weighted by Gasteiger charge is -2.35. The van der Waals surface area contributed by atoms with Crippen LogP contribution in [0.2, 0.25) is 0 Å². The number of nitrogens with zero attached hydrogens (tertiary/aromatic N) is 5. The van der Waals surface area contributed by atoms with E-state index in [1.54, 1.807) is 24.3 Å². The Hall–Kier alpha value is -5.11. The lowest BCUT2D eigenvalue weighted by Crippen LogP contribution is -2.48. The zero-order chi connectivity index (χ0) is 24.2. The van der Waals surface area contributed by atoms with Crippen molar-refractivity contribution in [2.75, 3.05) is 27.0 Å². The zero-order valence-corrected chi connectivity index (χ0v) is 17.8. The number of hydrogen-bond donors (Lipinski definition) is 4. The number of nitrogens with one attached hydrogen (secondary N) is 2. The fourth-order valence-corrected chi connectivity index (χ4v) is 3.43. The summed E-state index contributed by atoms with van der Waals surface area (Å²) in [7, 11) is 0. The van der Waals surface area contributed by atoms with Gasteiger partial charge in [-0.05, 0) is 18.2 Å². The summed E-state index contributed by atoms with van der Waals surface area (Å²) in [4.78, 5) is 36.1. The van der Waals surface area contributed by atoms with Gasteiger partial charge in [0, 0.05) is 30.0 Å². The van der Waals surface area contributed by atoms with E-state index < -0.39 is 6.03 Å². The molecule has 11 heteroatoms. The van der Waals surface area contributed by atoms with Gasteiger partial charge >= 0.3 is 6.03 Å². The number of hydrogen-bond acceptors (Lipinski definition) is 8. The molecule has 0 aliphatic carbocycles. The van der Waals surface area contributed by atoms with Gasteiger partial charge < -0.3 is 20.8 Å². The van der Waals surface area contributed by atoms with Crippen LogP contribution in [0.4, 0.5) is 33.6 Å². The first kappa shape index (κ1) is 22.1. The highest BCUT2D eigenvalue weighted by Gasteiger charge is 2.33. The highest BCUT2D eigenvalue weighted by molar-refractivity contribution is 6.06. The first-order chi connectivity index (χ1) is 16.4. The molecule has 2 aromatic carbocycles. The summed E-state index contributed by atoms with van der Waals surface area (Å²) in [6.07, 6.45) is 2.66. The van der Waals surface area contributed by atoms with E-state index in [0.717, 1.165) is 12.1 Å². The molecule has 0 saturated carbocycles. The molecule has 0 saturated heterocycles. The highest BCUT2D eigenvalue weighted by atomic mass is 16.3. The number of anilines is 5. The van der Waals surface area contributed by atoms with E-state index in [0.29, 0.717) is 16.9 Å². The van der Waals surface area contributed by atoms with Gasteiger partial charge in [-0.3, -0.25) is 14.6 Å². The molecule has 1 aromatic heterocycles. The van der Waals surface area contributed by atoms with Crippen molar-refractivity contribution in [2.45, 2.75) is 6.54 Å². The van der Waals surface area contributed by atoms with Gasteiger partial charge in [0.1, 0.15) is 23.9 Å². The number of urea groups is 1. The molecule has 2 heterocycles. The monoisotopic (exact) mass is 457 g/mol. The lowest BCUT2D eigenvalue weighted by molar-refractivity contribution is -0.111. The standard InChI is InChI=1S/C23H19N7O4/c1-2-20(33)26-18-5-3-4-6-19(18)27-22-25-12-14-13-30(15-9-16(31)11-17(32)10-15)23(34)29(8-7-24)21(14)28-22/h2-6,9-12,31-32H,1,8,13H2,(H,26,33)(H,25,27,28). The van der Waals surface area contributed by atoms with Gasteiger partial charge in [0.2, 0.25) is 11.9 Å². The van der Waals surface area contributed by atoms with Crippen LogP contribution in [0, 0.1) is 11.3 Å². The second-order valence-electron chi connectivity index (χ2n) is 7.23. The van der Waals surface area contributed by atoms with Crippen molar-refractivity contribution in [1.29, 1.82) is 5.26 Å². The Bertz CT molecular complexity index is 1310. The Kier molecular flexibility index (Phi) is 5.96. The van der Waals surface area contributed by atoms with Crippen LogP contribution < -0.4 is 20.4 Å². The normalized spacial score (nSPS) is 12.5. The third-order valence-corrected chi connectivity index (χ3v) is 4.93. The molecule has 0 radical (unpaired) electrons. The molecule has 1 aliphatic rings. The molecule has 4 rings (SSSR count).